The number of hydrogen-bond acceptors (Lipinski definition) is 4. The summed E-state index contributed by atoms with van der Waals surface area (Å²) in [6.07, 6.45) is -4.53. The number of pyridine rings is 1. The largest absolute Gasteiger partial charge is 0.494 e. The van der Waals surface area contributed by atoms with Gasteiger partial charge in [-0.2, -0.15) is 18.3 Å². The third kappa shape index (κ3) is 3.70. The van der Waals surface area contributed by atoms with E-state index in [0.717, 1.165) is 6.07 Å². The maximum Gasteiger partial charge on any atom is 0.417 e. The number of nitrogens with one attached hydrogen (secondary N) is 1. The molecule has 0 aliphatic rings. The highest BCUT2D eigenvalue weighted by Gasteiger charge is 2.34. The molecular weight excluding hydrogens is 443 g/mol. The Morgan fingerprint density at radius 1 is 1.09 bits per heavy atom. The van der Waals surface area contributed by atoms with Gasteiger partial charge in [0.1, 0.15) is 17.0 Å². The second kappa shape index (κ2) is 7.51. The van der Waals surface area contributed by atoms with Crippen LogP contribution in [-0.2, 0) is 18.6 Å². The number of nitrogens with zero attached hydrogens (tertiary/aromatic N) is 4. The molecule has 0 saturated heterocycles. The fourth-order valence-electron chi connectivity index (χ4n) is 3.56. The molecule has 0 radical (unpaired) electrons. The minimum absolute atomic E-state index is 0.0571. The molecular formula is C22H21ClF3N5O. The van der Waals surface area contributed by atoms with Crippen molar-refractivity contribution in [3.8, 4) is 28.5 Å². The van der Waals surface area contributed by atoms with E-state index in [2.05, 4.69) is 20.1 Å². The summed E-state index contributed by atoms with van der Waals surface area (Å²) >= 11 is 6.63. The Morgan fingerprint density at radius 3 is 2.38 bits per heavy atom. The van der Waals surface area contributed by atoms with E-state index in [9.17, 15) is 13.2 Å². The molecule has 0 spiro atoms. The van der Waals surface area contributed by atoms with Crippen molar-refractivity contribution in [3.05, 3.63) is 46.6 Å². The average Bonchev–Trinajstić information content (AvgIpc) is 3.26. The van der Waals surface area contributed by atoms with Crippen LogP contribution in [0.1, 0.15) is 32.0 Å². The van der Waals surface area contributed by atoms with Crippen LogP contribution in [0.4, 0.5) is 13.2 Å². The van der Waals surface area contributed by atoms with E-state index < -0.39 is 11.7 Å². The number of aryl methyl sites for hydroxylation is 1. The first-order chi connectivity index (χ1) is 14.9. The lowest BCUT2D eigenvalue weighted by Gasteiger charge is -2.15. The minimum atomic E-state index is -4.53. The number of hydrogen-bond donors (Lipinski definition) is 1. The van der Waals surface area contributed by atoms with Crippen LogP contribution in [0.5, 0.6) is 5.75 Å². The van der Waals surface area contributed by atoms with Crippen LogP contribution in [0.15, 0.2) is 30.3 Å². The summed E-state index contributed by atoms with van der Waals surface area (Å²) in [5.41, 5.74) is 0.889. The second-order valence-corrected chi connectivity index (χ2v) is 8.80. The van der Waals surface area contributed by atoms with E-state index in [4.69, 9.17) is 16.3 Å². The lowest BCUT2D eigenvalue weighted by Crippen LogP contribution is -2.12. The van der Waals surface area contributed by atoms with Gasteiger partial charge in [-0.05, 0) is 6.07 Å². The van der Waals surface area contributed by atoms with Gasteiger partial charge in [0, 0.05) is 24.1 Å². The summed E-state index contributed by atoms with van der Waals surface area (Å²) in [5, 5.41) is 4.97. The normalized spacial score (nSPS) is 12.5. The summed E-state index contributed by atoms with van der Waals surface area (Å²) in [4.78, 5) is 12.0. The molecule has 0 fully saturated rings. The van der Waals surface area contributed by atoms with Gasteiger partial charge in [0.05, 0.1) is 29.1 Å². The van der Waals surface area contributed by atoms with Crippen molar-refractivity contribution < 1.29 is 17.9 Å². The summed E-state index contributed by atoms with van der Waals surface area (Å²) in [5.74, 6) is 0.706. The van der Waals surface area contributed by atoms with Crippen molar-refractivity contribution in [2.75, 3.05) is 7.11 Å². The Balaban J connectivity index is 1.92. The predicted molar refractivity (Wildman–Crippen MR) is 117 cm³/mol. The summed E-state index contributed by atoms with van der Waals surface area (Å²) < 4.78 is 47.7. The molecule has 3 aromatic heterocycles. The molecule has 32 heavy (non-hydrogen) atoms. The van der Waals surface area contributed by atoms with Crippen molar-refractivity contribution >= 4 is 22.8 Å². The van der Waals surface area contributed by atoms with E-state index >= 15 is 0 Å². The fraction of sp³-hybridized carbons (Fsp3) is 0.318. The number of halogens is 4. The smallest absolute Gasteiger partial charge is 0.417 e. The van der Waals surface area contributed by atoms with Crippen molar-refractivity contribution in [1.29, 1.82) is 0 Å². The van der Waals surface area contributed by atoms with Crippen LogP contribution in [0.3, 0.4) is 0 Å². The summed E-state index contributed by atoms with van der Waals surface area (Å²) in [7, 11) is 3.18. The van der Waals surface area contributed by atoms with Crippen LogP contribution >= 0.6 is 11.6 Å². The first-order valence-corrected chi connectivity index (χ1v) is 10.1. The molecule has 0 unspecified atom stereocenters. The van der Waals surface area contributed by atoms with Gasteiger partial charge in [-0.1, -0.05) is 50.6 Å². The van der Waals surface area contributed by atoms with Gasteiger partial charge in [-0.3, -0.25) is 4.68 Å². The van der Waals surface area contributed by atoms with Crippen LogP contribution < -0.4 is 4.74 Å². The van der Waals surface area contributed by atoms with Crippen LogP contribution in [0.2, 0.25) is 5.02 Å². The monoisotopic (exact) mass is 463 g/mol. The molecule has 0 bridgehead atoms. The number of methoxy groups -OCH3 is 1. The number of fused-ring (bicyclic) bond motifs is 1. The van der Waals surface area contributed by atoms with Crippen LogP contribution in [0.25, 0.3) is 33.9 Å². The highest BCUT2D eigenvalue weighted by molar-refractivity contribution is 6.33. The molecule has 0 saturated carbocycles. The number of aromatic nitrogens is 5. The zero-order valence-electron chi connectivity index (χ0n) is 18.1. The molecule has 168 valence electrons. The zero-order chi connectivity index (χ0) is 23.4. The zero-order valence-corrected chi connectivity index (χ0v) is 18.9. The van der Waals surface area contributed by atoms with Crippen LogP contribution in [-0.4, -0.2) is 31.8 Å². The van der Waals surface area contributed by atoms with Gasteiger partial charge >= 0.3 is 6.18 Å². The fourth-order valence-corrected chi connectivity index (χ4v) is 4.09. The molecule has 4 rings (SSSR count). The number of aromatic amines is 1. The standard InChI is InChI=1S/C22H21ClF3N5O/c1-21(2,3)18-15(23)17(31(4)30-18)20-28-16-14(32-5)10-13(27-19(16)29-20)11-8-6-7-9-12(11)22(24,25)26/h6-10H,1-5H3,(H,27,28,29). The van der Waals surface area contributed by atoms with Gasteiger partial charge in [0.25, 0.3) is 0 Å². The van der Waals surface area contributed by atoms with Gasteiger partial charge in [-0.15, -0.1) is 0 Å². The molecule has 0 atom stereocenters. The average molecular weight is 464 g/mol. The molecule has 6 nitrogen and oxygen atoms in total. The molecule has 4 aromatic rings. The molecule has 0 aliphatic heterocycles. The minimum Gasteiger partial charge on any atom is -0.494 e. The lowest BCUT2D eigenvalue weighted by atomic mass is 9.92. The van der Waals surface area contributed by atoms with E-state index in [1.807, 2.05) is 20.8 Å². The summed E-state index contributed by atoms with van der Waals surface area (Å²) in [6.45, 7) is 6.00. The molecule has 0 aliphatic carbocycles. The number of alkyl halides is 3. The second-order valence-electron chi connectivity index (χ2n) is 8.42. The predicted octanol–water partition coefficient (Wildman–Crippen LogP) is 6.00. The number of imidazole rings is 1. The van der Waals surface area contributed by atoms with Gasteiger partial charge in [0.2, 0.25) is 0 Å². The third-order valence-corrected chi connectivity index (χ3v) is 5.44. The Labute approximate surface area is 187 Å². The number of H-pyrrole nitrogens is 1. The van der Waals surface area contributed by atoms with E-state index in [0.29, 0.717) is 33.5 Å². The first-order valence-electron chi connectivity index (χ1n) is 9.76. The highest BCUT2D eigenvalue weighted by atomic mass is 35.5. The number of benzene rings is 1. The quantitative estimate of drug-likeness (QED) is 0.404. The first kappa shape index (κ1) is 22.1. The maximum atomic E-state index is 13.5. The molecule has 3 heterocycles. The summed E-state index contributed by atoms with van der Waals surface area (Å²) in [6, 6.07) is 6.72. The maximum absolute atomic E-state index is 13.5. The Bertz CT molecular complexity index is 1320. The van der Waals surface area contributed by atoms with E-state index in [1.165, 1.54) is 31.4 Å². The van der Waals surface area contributed by atoms with Crippen molar-refractivity contribution in [3.63, 3.8) is 0 Å². The van der Waals surface area contributed by atoms with E-state index in [-0.39, 0.29) is 22.3 Å². The van der Waals surface area contributed by atoms with E-state index in [1.54, 1.807) is 11.7 Å². The topological polar surface area (TPSA) is 68.6 Å². The molecule has 10 heteroatoms. The van der Waals surface area contributed by atoms with Gasteiger partial charge in [-0.25, -0.2) is 9.97 Å². The van der Waals surface area contributed by atoms with Crippen molar-refractivity contribution in [1.82, 2.24) is 24.7 Å². The molecule has 1 aromatic carbocycles. The Morgan fingerprint density at radius 2 is 1.78 bits per heavy atom. The van der Waals surface area contributed by atoms with Gasteiger partial charge in [0.15, 0.2) is 11.5 Å². The van der Waals surface area contributed by atoms with Gasteiger partial charge < -0.3 is 9.72 Å². The Hall–Kier alpha value is -3.07. The molecule has 1 N–H and O–H groups in total. The third-order valence-electron chi connectivity index (χ3n) is 5.08. The number of rotatable bonds is 3. The van der Waals surface area contributed by atoms with Crippen molar-refractivity contribution in [2.24, 2.45) is 7.05 Å². The number of ether oxygens (including phenoxy) is 1. The molecule has 0 amide bonds. The highest BCUT2D eigenvalue weighted by Crippen LogP contribution is 2.40. The SMILES string of the molecule is COc1cc(-c2ccccc2C(F)(F)F)nc2nc(-c3c(Cl)c(C(C)(C)C)nn3C)[nH]c12. The lowest BCUT2D eigenvalue weighted by molar-refractivity contribution is -0.137. The van der Waals surface area contributed by atoms with Crippen molar-refractivity contribution in [2.45, 2.75) is 32.4 Å². The Kier molecular flexibility index (Phi) is 5.20. The van der Waals surface area contributed by atoms with Crippen LogP contribution in [0, 0.1) is 0 Å².